The van der Waals surface area contributed by atoms with Gasteiger partial charge in [0.2, 0.25) is 0 Å². The molecule has 2 heterocycles. The maximum Gasteiger partial charge on any atom is 0.129 e. The Balaban J connectivity index is 0.000000191. The highest BCUT2D eigenvalue weighted by molar-refractivity contribution is 6.29. The lowest BCUT2D eigenvalue weighted by Gasteiger charge is -1.94. The molecule has 2 aromatic rings. The standard InChI is InChI=1S/C8H10N2.C6H7ClN2/c1-2-8-4-3-7(5-9)6-10-8;7-6-2-1-5(3-8)4-9-6/h2-4,6H,1,5,9H2;1-2,4H,3,8H2. The number of halogens is 1. The summed E-state index contributed by atoms with van der Waals surface area (Å²) < 4.78 is 0. The molecule has 0 spiro atoms. The summed E-state index contributed by atoms with van der Waals surface area (Å²) in [6.45, 7) is 4.66. The van der Waals surface area contributed by atoms with E-state index in [-0.39, 0.29) is 0 Å². The van der Waals surface area contributed by atoms with Crippen molar-refractivity contribution in [1.82, 2.24) is 9.97 Å². The summed E-state index contributed by atoms with van der Waals surface area (Å²) in [7, 11) is 0. The summed E-state index contributed by atoms with van der Waals surface area (Å²) >= 11 is 5.52. The minimum absolute atomic E-state index is 0.507. The minimum Gasteiger partial charge on any atom is -0.326 e. The Kier molecular flexibility index (Phi) is 6.74. The monoisotopic (exact) mass is 276 g/mol. The molecule has 0 fully saturated rings. The molecule has 2 rings (SSSR count). The largest absolute Gasteiger partial charge is 0.326 e. The van der Waals surface area contributed by atoms with E-state index in [0.29, 0.717) is 18.2 Å². The van der Waals surface area contributed by atoms with Crippen LogP contribution in [0.3, 0.4) is 0 Å². The zero-order valence-electron chi connectivity index (χ0n) is 10.6. The molecular weight excluding hydrogens is 260 g/mol. The Labute approximate surface area is 118 Å². The van der Waals surface area contributed by atoms with Crippen molar-refractivity contribution in [2.24, 2.45) is 11.5 Å². The minimum atomic E-state index is 0.507. The average Bonchev–Trinajstić information content (AvgIpc) is 2.49. The quantitative estimate of drug-likeness (QED) is 0.844. The van der Waals surface area contributed by atoms with Crippen LogP contribution in [-0.2, 0) is 13.1 Å². The van der Waals surface area contributed by atoms with Crippen LogP contribution in [0.5, 0.6) is 0 Å². The third-order valence-corrected chi connectivity index (χ3v) is 2.54. The van der Waals surface area contributed by atoms with Gasteiger partial charge in [0.05, 0.1) is 5.69 Å². The molecule has 4 N–H and O–H groups in total. The lowest BCUT2D eigenvalue weighted by atomic mass is 10.2. The summed E-state index contributed by atoms with van der Waals surface area (Å²) in [6.07, 6.45) is 5.14. The zero-order valence-corrected chi connectivity index (χ0v) is 11.3. The van der Waals surface area contributed by atoms with E-state index in [1.54, 1.807) is 24.5 Å². The molecule has 100 valence electrons. The molecule has 0 aliphatic rings. The van der Waals surface area contributed by atoms with Crippen molar-refractivity contribution in [3.05, 3.63) is 65.2 Å². The van der Waals surface area contributed by atoms with E-state index in [0.717, 1.165) is 16.8 Å². The Hall–Kier alpha value is -1.75. The van der Waals surface area contributed by atoms with Crippen molar-refractivity contribution >= 4 is 17.7 Å². The Morgan fingerprint density at radius 1 is 1.00 bits per heavy atom. The third-order valence-electron chi connectivity index (χ3n) is 2.32. The number of pyridine rings is 2. The second-order valence-electron chi connectivity index (χ2n) is 3.69. The number of nitrogens with zero attached hydrogens (tertiary/aromatic N) is 2. The van der Waals surface area contributed by atoms with E-state index in [4.69, 9.17) is 23.1 Å². The third kappa shape index (κ3) is 5.61. The summed E-state index contributed by atoms with van der Waals surface area (Å²) in [4.78, 5) is 7.91. The molecule has 2 aromatic heterocycles. The fraction of sp³-hybridized carbons (Fsp3) is 0.143. The molecular formula is C14H17ClN4. The van der Waals surface area contributed by atoms with E-state index in [1.807, 2.05) is 18.2 Å². The maximum absolute atomic E-state index is 5.52. The van der Waals surface area contributed by atoms with Gasteiger partial charge in [-0.15, -0.1) is 0 Å². The lowest BCUT2D eigenvalue weighted by molar-refractivity contribution is 1.04. The molecule has 4 nitrogen and oxygen atoms in total. The fourth-order valence-corrected chi connectivity index (χ4v) is 1.32. The van der Waals surface area contributed by atoms with Crippen LogP contribution < -0.4 is 11.5 Å². The van der Waals surface area contributed by atoms with Crippen molar-refractivity contribution < 1.29 is 0 Å². The SMILES string of the molecule is C=Cc1ccc(CN)cn1.NCc1ccc(Cl)nc1. The molecule has 19 heavy (non-hydrogen) atoms. The first-order valence-electron chi connectivity index (χ1n) is 5.77. The number of rotatable bonds is 3. The van der Waals surface area contributed by atoms with E-state index >= 15 is 0 Å². The number of hydrogen-bond acceptors (Lipinski definition) is 4. The normalized spacial score (nSPS) is 9.42. The molecule has 0 saturated heterocycles. The molecule has 0 atom stereocenters. The molecule has 0 bridgehead atoms. The van der Waals surface area contributed by atoms with Crippen molar-refractivity contribution in [2.75, 3.05) is 0 Å². The Morgan fingerprint density at radius 2 is 1.58 bits per heavy atom. The first-order valence-corrected chi connectivity index (χ1v) is 6.15. The first kappa shape index (κ1) is 15.3. The lowest BCUT2D eigenvalue weighted by Crippen LogP contribution is -1.96. The summed E-state index contributed by atoms with van der Waals surface area (Å²) in [5.74, 6) is 0. The van der Waals surface area contributed by atoms with Gasteiger partial charge >= 0.3 is 0 Å². The maximum atomic E-state index is 5.52. The predicted octanol–water partition coefficient (Wildman–Crippen LogP) is 2.38. The zero-order chi connectivity index (χ0) is 14.1. The van der Waals surface area contributed by atoms with Gasteiger partial charge in [-0.1, -0.05) is 30.3 Å². The summed E-state index contributed by atoms with van der Waals surface area (Å²) in [5, 5.41) is 0.507. The van der Waals surface area contributed by atoms with E-state index in [1.165, 1.54) is 0 Å². The van der Waals surface area contributed by atoms with Crippen LogP contribution >= 0.6 is 11.6 Å². The molecule has 0 saturated carbocycles. The van der Waals surface area contributed by atoms with Crippen LogP contribution in [0.25, 0.3) is 6.08 Å². The summed E-state index contributed by atoms with van der Waals surface area (Å²) in [6, 6.07) is 7.43. The summed E-state index contributed by atoms with van der Waals surface area (Å²) in [5.41, 5.74) is 13.6. The van der Waals surface area contributed by atoms with Crippen LogP contribution in [0.2, 0.25) is 5.15 Å². The van der Waals surface area contributed by atoms with E-state index < -0.39 is 0 Å². The Morgan fingerprint density at radius 3 is 1.95 bits per heavy atom. The first-order chi connectivity index (χ1) is 9.19. The van der Waals surface area contributed by atoms with Crippen molar-refractivity contribution in [3.63, 3.8) is 0 Å². The second kappa shape index (κ2) is 8.37. The van der Waals surface area contributed by atoms with Crippen molar-refractivity contribution in [3.8, 4) is 0 Å². The second-order valence-corrected chi connectivity index (χ2v) is 4.08. The molecule has 0 amide bonds. The van der Waals surface area contributed by atoms with E-state index in [9.17, 15) is 0 Å². The van der Waals surface area contributed by atoms with Gasteiger partial charge in [0.1, 0.15) is 5.15 Å². The van der Waals surface area contributed by atoms with Crippen LogP contribution in [0, 0.1) is 0 Å². The van der Waals surface area contributed by atoms with Gasteiger partial charge in [-0.05, 0) is 29.3 Å². The van der Waals surface area contributed by atoms with E-state index in [2.05, 4.69) is 16.5 Å². The molecule has 0 aromatic carbocycles. The van der Waals surface area contributed by atoms with Crippen LogP contribution in [0.15, 0.2) is 43.2 Å². The molecule has 0 aliphatic heterocycles. The smallest absolute Gasteiger partial charge is 0.129 e. The highest BCUT2D eigenvalue weighted by atomic mass is 35.5. The highest BCUT2D eigenvalue weighted by Gasteiger charge is 1.88. The van der Waals surface area contributed by atoms with Gasteiger partial charge in [-0.2, -0.15) is 0 Å². The van der Waals surface area contributed by atoms with Gasteiger partial charge in [-0.25, -0.2) is 4.98 Å². The predicted molar refractivity (Wildman–Crippen MR) is 79.4 cm³/mol. The number of aromatic nitrogens is 2. The van der Waals surface area contributed by atoms with Crippen LogP contribution in [0.1, 0.15) is 16.8 Å². The molecule has 0 aliphatic carbocycles. The van der Waals surface area contributed by atoms with Gasteiger partial charge in [0.25, 0.3) is 0 Å². The van der Waals surface area contributed by atoms with Crippen LogP contribution in [-0.4, -0.2) is 9.97 Å². The van der Waals surface area contributed by atoms with Gasteiger partial charge in [0, 0.05) is 25.5 Å². The molecule has 5 heteroatoms. The van der Waals surface area contributed by atoms with Gasteiger partial charge in [-0.3, -0.25) is 4.98 Å². The average molecular weight is 277 g/mol. The molecule has 0 radical (unpaired) electrons. The van der Waals surface area contributed by atoms with Gasteiger partial charge < -0.3 is 11.5 Å². The van der Waals surface area contributed by atoms with Gasteiger partial charge in [0.15, 0.2) is 0 Å². The number of nitrogens with two attached hydrogens (primary N) is 2. The number of hydrogen-bond donors (Lipinski definition) is 2. The molecule has 0 unspecified atom stereocenters. The van der Waals surface area contributed by atoms with Crippen LogP contribution in [0.4, 0.5) is 0 Å². The Bertz CT molecular complexity index is 494. The highest BCUT2D eigenvalue weighted by Crippen LogP contribution is 2.03. The topological polar surface area (TPSA) is 77.8 Å². The van der Waals surface area contributed by atoms with Crippen molar-refractivity contribution in [2.45, 2.75) is 13.1 Å². The van der Waals surface area contributed by atoms with Crippen molar-refractivity contribution in [1.29, 1.82) is 0 Å². The fourth-order valence-electron chi connectivity index (χ4n) is 1.20.